The second kappa shape index (κ2) is 11.9. The molecule has 0 saturated heterocycles. The summed E-state index contributed by atoms with van der Waals surface area (Å²) in [7, 11) is 0. The predicted molar refractivity (Wildman–Crippen MR) is 225 cm³/mol. The minimum Gasteiger partial charge on any atom is -0.454 e. The van der Waals surface area contributed by atoms with Crippen LogP contribution in [0.4, 0.5) is 34.1 Å². The Morgan fingerprint density at radius 3 is 1.34 bits per heavy atom. The third-order valence-electron chi connectivity index (χ3n) is 11.1. The molecule has 0 atom stereocenters. The lowest BCUT2D eigenvalue weighted by molar-refractivity contribution is 0.669. The average Bonchev–Trinajstić information content (AvgIpc) is 3.63. The number of rotatable bonds is 4. The van der Waals surface area contributed by atoms with Crippen LogP contribution in [0.2, 0.25) is 0 Å². The van der Waals surface area contributed by atoms with E-state index in [2.05, 4.69) is 204 Å². The minimum absolute atomic E-state index is 0.0525. The van der Waals surface area contributed by atoms with E-state index in [4.69, 9.17) is 4.42 Å². The van der Waals surface area contributed by atoms with Crippen molar-refractivity contribution >= 4 is 102 Å². The first kappa shape index (κ1) is 30.0. The van der Waals surface area contributed by atoms with Gasteiger partial charge >= 0.3 is 0 Å². The molecule has 8 aromatic carbocycles. The van der Waals surface area contributed by atoms with Gasteiger partial charge in [-0.3, -0.25) is 0 Å². The Bertz CT molecular complexity index is 2800. The molecule has 0 spiro atoms. The van der Waals surface area contributed by atoms with Crippen molar-refractivity contribution in [2.75, 3.05) is 9.80 Å². The van der Waals surface area contributed by atoms with Gasteiger partial charge in [0.2, 0.25) is 13.4 Å². The van der Waals surface area contributed by atoms with Crippen LogP contribution in [0.15, 0.2) is 199 Å². The molecule has 0 radical (unpaired) electrons. The van der Waals surface area contributed by atoms with Crippen molar-refractivity contribution in [3.05, 3.63) is 194 Å². The highest BCUT2D eigenvalue weighted by Crippen LogP contribution is 2.49. The van der Waals surface area contributed by atoms with E-state index in [-0.39, 0.29) is 13.4 Å². The van der Waals surface area contributed by atoms with Gasteiger partial charge in [-0.25, -0.2) is 0 Å². The van der Waals surface area contributed by atoms with Crippen molar-refractivity contribution in [2.45, 2.75) is 0 Å². The van der Waals surface area contributed by atoms with E-state index in [1.807, 2.05) is 0 Å². The molecule has 3 nitrogen and oxygen atoms in total. The van der Waals surface area contributed by atoms with Crippen LogP contribution in [-0.4, -0.2) is 13.4 Å². The Labute approximate surface area is 309 Å². The maximum Gasteiger partial charge on any atom is 0.246 e. The van der Waals surface area contributed by atoms with Crippen LogP contribution in [0.25, 0.3) is 21.9 Å². The SMILES string of the molecule is c1ccc(B2c3ccccc3N(c3ccccc3)c3c2c2c(c4c3oc3ccccc34)N(c3ccccc3)c3ccccc3B2c2ccccc2)cc1. The highest BCUT2D eigenvalue weighted by Gasteiger charge is 2.47. The van der Waals surface area contributed by atoms with Crippen molar-refractivity contribution in [1.82, 2.24) is 0 Å². The number of furan rings is 1. The van der Waals surface area contributed by atoms with Gasteiger partial charge in [-0.05, 0) is 64.3 Å². The maximum atomic E-state index is 7.21. The first-order valence-corrected chi connectivity index (χ1v) is 18.4. The quantitative estimate of drug-likeness (QED) is 0.176. The van der Waals surface area contributed by atoms with Crippen LogP contribution in [0.5, 0.6) is 0 Å². The Morgan fingerprint density at radius 1 is 0.377 bits per heavy atom. The van der Waals surface area contributed by atoms with Crippen LogP contribution in [0.1, 0.15) is 0 Å². The minimum atomic E-state index is -0.0668. The van der Waals surface area contributed by atoms with Gasteiger partial charge in [0, 0.05) is 28.1 Å². The average molecular weight is 674 g/mol. The topological polar surface area (TPSA) is 19.6 Å². The Balaban J connectivity index is 1.42. The number of fused-ring (bicyclic) bond motifs is 10. The normalized spacial score (nSPS) is 13.1. The van der Waals surface area contributed by atoms with Crippen LogP contribution >= 0.6 is 0 Å². The fourth-order valence-corrected chi connectivity index (χ4v) is 9.09. The molecule has 11 rings (SSSR count). The van der Waals surface area contributed by atoms with E-state index in [0.717, 1.165) is 44.7 Å². The molecular weight excluding hydrogens is 642 g/mol. The van der Waals surface area contributed by atoms with Crippen molar-refractivity contribution < 1.29 is 4.42 Å². The third-order valence-corrected chi connectivity index (χ3v) is 11.1. The van der Waals surface area contributed by atoms with Gasteiger partial charge in [-0.2, -0.15) is 0 Å². The number of hydrogen-bond donors (Lipinski definition) is 0. The van der Waals surface area contributed by atoms with E-state index in [0.29, 0.717) is 0 Å². The highest BCUT2D eigenvalue weighted by atomic mass is 16.3. The summed E-state index contributed by atoms with van der Waals surface area (Å²) in [6.45, 7) is -0.119. The van der Waals surface area contributed by atoms with E-state index < -0.39 is 0 Å². The van der Waals surface area contributed by atoms with Gasteiger partial charge in [0.25, 0.3) is 0 Å². The molecule has 2 aliphatic rings. The zero-order chi connectivity index (χ0) is 34.9. The van der Waals surface area contributed by atoms with Crippen LogP contribution < -0.4 is 42.6 Å². The Morgan fingerprint density at radius 2 is 0.792 bits per heavy atom. The second-order valence-corrected chi connectivity index (χ2v) is 14.0. The van der Waals surface area contributed by atoms with Crippen molar-refractivity contribution in [2.24, 2.45) is 0 Å². The molecule has 2 aliphatic heterocycles. The third kappa shape index (κ3) is 4.44. The molecule has 0 fully saturated rings. The van der Waals surface area contributed by atoms with E-state index in [9.17, 15) is 0 Å². The van der Waals surface area contributed by atoms with Gasteiger partial charge in [0.15, 0.2) is 5.58 Å². The smallest absolute Gasteiger partial charge is 0.246 e. The van der Waals surface area contributed by atoms with Crippen LogP contribution in [-0.2, 0) is 0 Å². The summed E-state index contributed by atoms with van der Waals surface area (Å²) in [5.41, 5.74) is 16.2. The van der Waals surface area contributed by atoms with E-state index in [1.165, 1.54) is 44.2 Å². The summed E-state index contributed by atoms with van der Waals surface area (Å²) >= 11 is 0. The van der Waals surface area contributed by atoms with E-state index >= 15 is 0 Å². The number of anilines is 6. The van der Waals surface area contributed by atoms with Crippen molar-refractivity contribution in [1.29, 1.82) is 0 Å². The van der Waals surface area contributed by atoms with Crippen LogP contribution in [0, 0.1) is 0 Å². The van der Waals surface area contributed by atoms with Gasteiger partial charge in [-0.1, -0.05) is 163 Å². The summed E-state index contributed by atoms with van der Waals surface area (Å²) in [4.78, 5) is 4.97. The van der Waals surface area contributed by atoms with Gasteiger partial charge < -0.3 is 14.2 Å². The molecule has 0 amide bonds. The first-order chi connectivity index (χ1) is 26.4. The molecule has 3 heterocycles. The molecular formula is C48H32B2N2O. The number of nitrogens with zero attached hydrogens (tertiary/aromatic N) is 2. The van der Waals surface area contributed by atoms with Gasteiger partial charge in [0.05, 0.1) is 16.8 Å². The van der Waals surface area contributed by atoms with E-state index in [1.54, 1.807) is 0 Å². The number of benzene rings is 8. The summed E-state index contributed by atoms with van der Waals surface area (Å²) in [6, 6.07) is 70.3. The van der Waals surface area contributed by atoms with Gasteiger partial charge in [0.1, 0.15) is 5.58 Å². The summed E-state index contributed by atoms with van der Waals surface area (Å²) in [5, 5.41) is 2.23. The Kier molecular flexibility index (Phi) is 6.75. The molecule has 0 N–H and O–H groups in total. The van der Waals surface area contributed by atoms with Gasteiger partial charge in [-0.15, -0.1) is 0 Å². The second-order valence-electron chi connectivity index (χ2n) is 14.0. The maximum absolute atomic E-state index is 7.21. The summed E-state index contributed by atoms with van der Waals surface area (Å²) < 4.78 is 7.21. The first-order valence-electron chi connectivity index (χ1n) is 18.4. The zero-order valence-corrected chi connectivity index (χ0v) is 28.9. The molecule has 1 aromatic heterocycles. The van der Waals surface area contributed by atoms with Crippen molar-refractivity contribution in [3.63, 3.8) is 0 Å². The lowest BCUT2D eigenvalue weighted by Crippen LogP contribution is -2.69. The standard InChI is InChI=1S/C48H32B2N2O/c1-5-19-33(20-6-1)49-38-28-14-16-30-40(38)51(35-23-9-3-10-24-35)46-43-37-27-13-18-32-42(37)53-48(43)47-45(44(46)49)50(34-21-7-2-8-22-34)39-29-15-17-31-41(39)52(47)36-25-11-4-12-26-36/h1-32H. The molecule has 0 saturated carbocycles. The Hall–Kier alpha value is -6.71. The monoisotopic (exact) mass is 674 g/mol. The van der Waals surface area contributed by atoms with Crippen LogP contribution in [0.3, 0.4) is 0 Å². The molecule has 9 aromatic rings. The largest absolute Gasteiger partial charge is 0.454 e. The fourth-order valence-electron chi connectivity index (χ4n) is 9.09. The zero-order valence-electron chi connectivity index (χ0n) is 28.9. The number of para-hydroxylation sites is 5. The lowest BCUT2D eigenvalue weighted by Gasteiger charge is -2.44. The summed E-state index contributed by atoms with van der Waals surface area (Å²) in [5.74, 6) is 0. The van der Waals surface area contributed by atoms with Crippen molar-refractivity contribution in [3.8, 4) is 0 Å². The highest BCUT2D eigenvalue weighted by molar-refractivity contribution is 7.07. The lowest BCUT2D eigenvalue weighted by atomic mass is 9.26. The molecule has 0 unspecified atom stereocenters. The molecule has 0 bridgehead atoms. The molecule has 0 aliphatic carbocycles. The number of hydrogen-bond acceptors (Lipinski definition) is 3. The fraction of sp³-hybridized carbons (Fsp3) is 0. The molecule has 53 heavy (non-hydrogen) atoms. The molecule has 5 heteroatoms. The summed E-state index contributed by atoms with van der Waals surface area (Å²) in [6.07, 6.45) is 0. The molecule has 246 valence electrons. The predicted octanol–water partition coefficient (Wildman–Crippen LogP) is 8.18.